The third-order valence-electron chi connectivity index (χ3n) is 10.0. The van der Waals surface area contributed by atoms with Crippen molar-refractivity contribution in [1.82, 2.24) is 9.62 Å². The maximum atomic E-state index is 16.7. The molecule has 3 aliphatic rings. The molecule has 0 radical (unpaired) electrons. The number of alkyl halides is 5. The van der Waals surface area contributed by atoms with Crippen LogP contribution in [0.15, 0.2) is 82.2 Å². The smallest absolute Gasteiger partial charge is 0.490 e. The highest BCUT2D eigenvalue weighted by atomic mass is 79.9. The van der Waals surface area contributed by atoms with Crippen LogP contribution in [0.4, 0.5) is 22.0 Å². The Morgan fingerprint density at radius 1 is 0.830 bits per heavy atom. The monoisotopic (exact) mass is 825 g/mol. The summed E-state index contributed by atoms with van der Waals surface area (Å²) in [5, 5.41) is 9.77. The summed E-state index contributed by atoms with van der Waals surface area (Å²) in [5.41, 5.74) is 5.75. The summed E-state index contributed by atoms with van der Waals surface area (Å²) < 4.78 is 102. The van der Waals surface area contributed by atoms with Crippen LogP contribution in [0.1, 0.15) is 56.9 Å². The van der Waals surface area contributed by atoms with E-state index < -0.39 is 45.6 Å². The van der Waals surface area contributed by atoms with Gasteiger partial charge in [-0.15, -0.1) is 0 Å². The summed E-state index contributed by atoms with van der Waals surface area (Å²) >= 11 is 3.40. The van der Waals surface area contributed by atoms with Crippen LogP contribution in [-0.4, -0.2) is 66.7 Å². The number of fused-ring (bicyclic) bond motifs is 4. The molecule has 2 heterocycles. The second-order valence-electron chi connectivity index (χ2n) is 13.7. The van der Waals surface area contributed by atoms with Gasteiger partial charge in [0.1, 0.15) is 5.75 Å². The molecule has 0 spiro atoms. The first-order valence-corrected chi connectivity index (χ1v) is 19.4. The Kier molecular flexibility index (Phi) is 11.1. The van der Waals surface area contributed by atoms with Crippen molar-refractivity contribution in [1.29, 1.82) is 0 Å². The minimum Gasteiger partial charge on any atom is -0.490 e. The molecule has 1 amide bonds. The van der Waals surface area contributed by atoms with Crippen molar-refractivity contribution in [3.8, 4) is 5.75 Å². The van der Waals surface area contributed by atoms with Crippen LogP contribution in [0, 0.1) is 0 Å². The molecule has 53 heavy (non-hydrogen) atoms. The molecule has 2 bridgehead atoms. The Bertz CT molecular complexity index is 2120. The van der Waals surface area contributed by atoms with Gasteiger partial charge in [0.25, 0.3) is 5.92 Å². The number of nitrogens with two attached hydrogens (primary N) is 1. The number of nitrogens with zero attached hydrogens (tertiary/aromatic N) is 1. The van der Waals surface area contributed by atoms with E-state index in [1.807, 2.05) is 6.07 Å². The van der Waals surface area contributed by atoms with Crippen LogP contribution in [0.5, 0.6) is 5.75 Å². The number of ether oxygens (including phenoxy) is 1. The molecule has 9 nitrogen and oxygen atoms in total. The zero-order valence-corrected chi connectivity index (χ0v) is 30.6. The van der Waals surface area contributed by atoms with Gasteiger partial charge in [0.15, 0.2) is 6.04 Å². The first kappa shape index (κ1) is 38.9. The van der Waals surface area contributed by atoms with Crippen molar-refractivity contribution in [2.45, 2.75) is 98.6 Å². The van der Waals surface area contributed by atoms with Crippen LogP contribution < -0.4 is 15.2 Å². The molecule has 16 heteroatoms. The first-order valence-electron chi connectivity index (χ1n) is 17.1. The number of nitrogens with one attached hydrogen (secondary N) is 1. The summed E-state index contributed by atoms with van der Waals surface area (Å²) in [5.74, 6) is -6.85. The Labute approximate surface area is 310 Å². The van der Waals surface area contributed by atoms with Crippen LogP contribution in [0.2, 0.25) is 0 Å². The molecule has 284 valence electrons. The summed E-state index contributed by atoms with van der Waals surface area (Å²) in [6.07, 6.45) is 1.68. The molecule has 1 saturated carbocycles. The summed E-state index contributed by atoms with van der Waals surface area (Å²) in [7, 11) is -4.57. The number of sulfonamides is 1. The van der Waals surface area contributed by atoms with Gasteiger partial charge >= 0.3 is 12.1 Å². The normalized spacial score (nSPS) is 21.3. The van der Waals surface area contributed by atoms with Crippen molar-refractivity contribution < 1.29 is 49.8 Å². The highest BCUT2D eigenvalue weighted by Crippen LogP contribution is 2.41. The minimum atomic E-state index is -5.08. The van der Waals surface area contributed by atoms with Crippen molar-refractivity contribution in [3.63, 3.8) is 0 Å². The van der Waals surface area contributed by atoms with E-state index in [0.29, 0.717) is 42.2 Å². The molecule has 4 aromatic carbocycles. The summed E-state index contributed by atoms with van der Waals surface area (Å²) in [6.45, 7) is 0. The largest absolute Gasteiger partial charge is 0.490 e. The predicted octanol–water partition coefficient (Wildman–Crippen LogP) is 7.63. The number of hydrogen-bond acceptors (Lipinski definition) is 6. The maximum absolute atomic E-state index is 16.7. The SMILES string of the molecule is NC1CC2CCC(C1)N2C(=O)[C@H](NS(=O)(=O)c1ccc2cc(OC3CCCC3)ccc2c1)C(F)(F)c1ccc2cc(Br)ccc2c1.O=C(O)C(F)(F)F. The first-order chi connectivity index (χ1) is 24.9. The second-order valence-corrected chi connectivity index (χ2v) is 16.4. The zero-order valence-electron chi connectivity index (χ0n) is 28.2. The van der Waals surface area contributed by atoms with Gasteiger partial charge in [-0.1, -0.05) is 46.3 Å². The minimum absolute atomic E-state index is 0.126. The van der Waals surface area contributed by atoms with E-state index in [4.69, 9.17) is 20.4 Å². The number of carbonyl (C=O) groups excluding carboxylic acids is 1. The Morgan fingerprint density at radius 3 is 2.02 bits per heavy atom. The number of aliphatic carboxylic acids is 1. The van der Waals surface area contributed by atoms with Crippen LogP contribution >= 0.6 is 15.9 Å². The molecule has 2 unspecified atom stereocenters. The standard InChI is InChI=1S/C35H36BrF2N3O4S.C2HF3O2/c36-26-10-6-21-15-25(9-5-22(21)16-26)35(37,38)33(34(42)41-28-11-12-29(41)20-27(39)19-28)40-46(43,44)32-14-8-23-17-31(13-7-24(23)18-32)45-30-3-1-2-4-30;3-2(4,5)1(6)7/h5-10,13-18,27-30,33,40H,1-4,11-12,19-20,39H2;(H,6,7)/t27?,28?,29?,33-;/m0./s1. The average molecular weight is 827 g/mol. The van der Waals surface area contributed by atoms with E-state index >= 15 is 8.78 Å². The Balaban J connectivity index is 0.000000626. The molecule has 2 saturated heterocycles. The van der Waals surface area contributed by atoms with Gasteiger partial charge in [0, 0.05) is 28.2 Å². The number of carbonyl (C=O) groups is 2. The van der Waals surface area contributed by atoms with Gasteiger partial charge < -0.3 is 20.5 Å². The molecular weight excluding hydrogens is 789 g/mol. The Morgan fingerprint density at radius 2 is 1.38 bits per heavy atom. The lowest BCUT2D eigenvalue weighted by Gasteiger charge is -2.41. The van der Waals surface area contributed by atoms with Gasteiger partial charge in [-0.3, -0.25) is 4.79 Å². The fourth-order valence-corrected chi connectivity index (χ4v) is 9.07. The number of halogens is 6. The number of rotatable bonds is 8. The second kappa shape index (κ2) is 15.1. The molecule has 3 fully saturated rings. The van der Waals surface area contributed by atoms with Gasteiger partial charge in [-0.25, -0.2) is 13.2 Å². The van der Waals surface area contributed by atoms with Crippen LogP contribution in [-0.2, 0) is 25.5 Å². The summed E-state index contributed by atoms with van der Waals surface area (Å²) in [4.78, 5) is 24.3. The molecule has 4 N–H and O–H groups in total. The zero-order chi connectivity index (χ0) is 38.3. The third-order valence-corrected chi connectivity index (χ3v) is 11.9. The van der Waals surface area contributed by atoms with Crippen LogP contribution in [0.25, 0.3) is 21.5 Å². The van der Waals surface area contributed by atoms with Crippen molar-refractivity contribution in [2.75, 3.05) is 0 Å². The predicted molar refractivity (Wildman–Crippen MR) is 191 cm³/mol. The number of carboxylic acid groups (broad SMARTS) is 1. The van der Waals surface area contributed by atoms with Crippen molar-refractivity contribution in [3.05, 3.63) is 82.8 Å². The topological polar surface area (TPSA) is 139 Å². The maximum Gasteiger partial charge on any atom is 0.490 e. The van der Waals surface area contributed by atoms with Gasteiger partial charge in [-0.05, 0) is 115 Å². The molecular formula is C37H37BrF5N3O6S. The number of carboxylic acids is 1. The molecule has 7 rings (SSSR count). The fourth-order valence-electron chi connectivity index (χ4n) is 7.46. The quantitative estimate of drug-likeness (QED) is 0.155. The van der Waals surface area contributed by atoms with Crippen molar-refractivity contribution in [2.24, 2.45) is 5.73 Å². The van der Waals surface area contributed by atoms with E-state index in [1.54, 1.807) is 42.5 Å². The van der Waals surface area contributed by atoms with E-state index in [1.165, 1.54) is 29.2 Å². The van der Waals surface area contributed by atoms with Gasteiger partial charge in [0.2, 0.25) is 15.9 Å². The lowest BCUT2D eigenvalue weighted by atomic mass is 9.94. The lowest BCUT2D eigenvalue weighted by Crippen LogP contribution is -2.60. The highest BCUT2D eigenvalue weighted by molar-refractivity contribution is 9.10. The van der Waals surface area contributed by atoms with E-state index in [2.05, 4.69) is 20.7 Å². The Hall–Kier alpha value is -3.86. The van der Waals surface area contributed by atoms with E-state index in [-0.39, 0.29) is 29.1 Å². The van der Waals surface area contributed by atoms with Gasteiger partial charge in [-0.2, -0.15) is 26.7 Å². The fraction of sp³-hybridized carbons (Fsp3) is 0.405. The number of piperidine rings is 1. The number of benzene rings is 4. The van der Waals surface area contributed by atoms with Crippen molar-refractivity contribution >= 4 is 59.4 Å². The molecule has 1 aliphatic carbocycles. The number of hydrogen-bond donors (Lipinski definition) is 3. The highest BCUT2D eigenvalue weighted by Gasteiger charge is 2.53. The van der Waals surface area contributed by atoms with E-state index in [0.717, 1.165) is 40.9 Å². The lowest BCUT2D eigenvalue weighted by molar-refractivity contribution is -0.192. The van der Waals surface area contributed by atoms with Crippen LogP contribution in [0.3, 0.4) is 0 Å². The average Bonchev–Trinajstić information content (AvgIpc) is 3.71. The summed E-state index contributed by atoms with van der Waals surface area (Å²) in [6, 6.07) is 16.1. The van der Waals surface area contributed by atoms with E-state index in [9.17, 15) is 26.4 Å². The molecule has 4 aromatic rings. The van der Waals surface area contributed by atoms with Gasteiger partial charge in [0.05, 0.1) is 11.0 Å². The number of amides is 1. The third kappa shape index (κ3) is 8.60. The molecule has 0 aromatic heterocycles. The molecule has 2 aliphatic heterocycles. The molecule has 3 atom stereocenters.